The van der Waals surface area contributed by atoms with Crippen molar-refractivity contribution >= 4 is 21.6 Å². The van der Waals surface area contributed by atoms with E-state index in [2.05, 4.69) is 32.2 Å². The van der Waals surface area contributed by atoms with Crippen molar-refractivity contribution in [1.82, 2.24) is 9.62 Å². The molecule has 1 aromatic carbocycles. The molecule has 0 aliphatic carbocycles. The lowest BCUT2D eigenvalue weighted by Gasteiger charge is -2.20. The number of rotatable bonds is 5. The summed E-state index contributed by atoms with van der Waals surface area (Å²) in [6.45, 7) is 8.28. The van der Waals surface area contributed by atoms with E-state index < -0.39 is 10.0 Å². The molecule has 1 aliphatic heterocycles. The highest BCUT2D eigenvalue weighted by molar-refractivity contribution is 7.88. The first-order chi connectivity index (χ1) is 10.2. The van der Waals surface area contributed by atoms with Gasteiger partial charge in [-0.1, -0.05) is 17.7 Å². The molecule has 6 heteroatoms. The first-order valence-corrected chi connectivity index (χ1v) is 9.86. The molecule has 1 heterocycles. The molecule has 0 saturated carbocycles. The molecule has 1 N–H and O–H groups in total. The lowest BCUT2D eigenvalue weighted by Crippen LogP contribution is -2.31. The van der Waals surface area contributed by atoms with Gasteiger partial charge in [0, 0.05) is 24.2 Å². The van der Waals surface area contributed by atoms with E-state index in [-0.39, 0.29) is 6.04 Å². The SMILES string of the molecule is Cc1cc(Cl)c([C@H](C)NC[C@H]2CCN(S(C)(=O)=O)C2)cc1C. The number of halogens is 1. The molecule has 0 bridgehead atoms. The maximum absolute atomic E-state index is 11.5. The summed E-state index contributed by atoms with van der Waals surface area (Å²) < 4.78 is 24.6. The van der Waals surface area contributed by atoms with Gasteiger partial charge in [-0.05, 0) is 62.4 Å². The van der Waals surface area contributed by atoms with Gasteiger partial charge >= 0.3 is 0 Å². The van der Waals surface area contributed by atoms with Gasteiger partial charge in [0.1, 0.15) is 0 Å². The summed E-state index contributed by atoms with van der Waals surface area (Å²) >= 11 is 6.35. The second-order valence-electron chi connectivity index (χ2n) is 6.36. The summed E-state index contributed by atoms with van der Waals surface area (Å²) in [6, 6.07) is 4.29. The van der Waals surface area contributed by atoms with Gasteiger partial charge in [0.2, 0.25) is 10.0 Å². The van der Waals surface area contributed by atoms with Crippen LogP contribution in [0.1, 0.15) is 36.1 Å². The summed E-state index contributed by atoms with van der Waals surface area (Å²) in [7, 11) is -3.06. The van der Waals surface area contributed by atoms with E-state index >= 15 is 0 Å². The van der Waals surface area contributed by atoms with Crippen LogP contribution in [0.15, 0.2) is 12.1 Å². The molecular weight excluding hydrogens is 320 g/mol. The zero-order valence-electron chi connectivity index (χ0n) is 13.7. The highest BCUT2D eigenvalue weighted by Crippen LogP contribution is 2.27. The van der Waals surface area contributed by atoms with Gasteiger partial charge in [0.15, 0.2) is 0 Å². The van der Waals surface area contributed by atoms with Crippen molar-refractivity contribution in [2.45, 2.75) is 33.2 Å². The monoisotopic (exact) mass is 344 g/mol. The van der Waals surface area contributed by atoms with Crippen LogP contribution in [-0.2, 0) is 10.0 Å². The Morgan fingerprint density at radius 1 is 1.36 bits per heavy atom. The molecule has 22 heavy (non-hydrogen) atoms. The predicted octanol–water partition coefficient (Wildman–Crippen LogP) is 2.89. The molecule has 4 nitrogen and oxygen atoms in total. The Hall–Kier alpha value is -0.620. The quantitative estimate of drug-likeness (QED) is 0.893. The Labute approximate surface area is 138 Å². The van der Waals surface area contributed by atoms with E-state index in [0.717, 1.165) is 23.6 Å². The minimum atomic E-state index is -3.06. The zero-order chi connectivity index (χ0) is 16.5. The Kier molecular flexibility index (Phi) is 5.54. The van der Waals surface area contributed by atoms with Gasteiger partial charge < -0.3 is 5.32 Å². The van der Waals surface area contributed by atoms with Crippen LogP contribution in [0, 0.1) is 19.8 Å². The third kappa shape index (κ3) is 4.22. The van der Waals surface area contributed by atoms with Gasteiger partial charge in [-0.25, -0.2) is 12.7 Å². The van der Waals surface area contributed by atoms with Crippen LogP contribution in [0.4, 0.5) is 0 Å². The van der Waals surface area contributed by atoms with Crippen LogP contribution < -0.4 is 5.32 Å². The van der Waals surface area contributed by atoms with E-state index in [1.807, 2.05) is 6.07 Å². The van der Waals surface area contributed by atoms with E-state index in [0.29, 0.717) is 19.0 Å². The second kappa shape index (κ2) is 6.87. The lowest BCUT2D eigenvalue weighted by molar-refractivity contribution is 0.432. The third-order valence-corrected chi connectivity index (χ3v) is 6.11. The number of nitrogens with zero attached hydrogens (tertiary/aromatic N) is 1. The average molecular weight is 345 g/mol. The molecule has 124 valence electrons. The molecule has 0 aromatic heterocycles. The van der Waals surface area contributed by atoms with Crippen LogP contribution in [0.3, 0.4) is 0 Å². The van der Waals surface area contributed by atoms with Crippen LogP contribution >= 0.6 is 11.6 Å². The topological polar surface area (TPSA) is 49.4 Å². The van der Waals surface area contributed by atoms with Crippen molar-refractivity contribution in [3.8, 4) is 0 Å². The highest BCUT2D eigenvalue weighted by Gasteiger charge is 2.28. The van der Waals surface area contributed by atoms with E-state index in [1.54, 1.807) is 4.31 Å². The van der Waals surface area contributed by atoms with Crippen LogP contribution in [-0.4, -0.2) is 38.6 Å². The van der Waals surface area contributed by atoms with Crippen molar-refractivity contribution in [3.63, 3.8) is 0 Å². The number of hydrogen-bond donors (Lipinski definition) is 1. The smallest absolute Gasteiger partial charge is 0.211 e. The molecule has 0 spiro atoms. The number of nitrogens with one attached hydrogen (secondary N) is 1. The van der Waals surface area contributed by atoms with Crippen LogP contribution in [0.25, 0.3) is 0 Å². The van der Waals surface area contributed by atoms with E-state index in [9.17, 15) is 8.42 Å². The number of aryl methyl sites for hydroxylation is 2. The first kappa shape index (κ1) is 17.7. The van der Waals surface area contributed by atoms with Gasteiger partial charge in [-0.3, -0.25) is 0 Å². The average Bonchev–Trinajstić information content (AvgIpc) is 2.89. The fourth-order valence-electron chi connectivity index (χ4n) is 2.85. The molecule has 1 aliphatic rings. The summed E-state index contributed by atoms with van der Waals surface area (Å²) in [4.78, 5) is 0. The Balaban J connectivity index is 1.94. The summed E-state index contributed by atoms with van der Waals surface area (Å²) in [6.07, 6.45) is 2.19. The summed E-state index contributed by atoms with van der Waals surface area (Å²) in [5, 5.41) is 4.28. The van der Waals surface area contributed by atoms with Crippen molar-refractivity contribution in [1.29, 1.82) is 0 Å². The van der Waals surface area contributed by atoms with Crippen molar-refractivity contribution in [2.24, 2.45) is 5.92 Å². The predicted molar refractivity (Wildman–Crippen MR) is 91.9 cm³/mol. The molecule has 1 saturated heterocycles. The molecule has 0 unspecified atom stereocenters. The van der Waals surface area contributed by atoms with E-state index in [1.165, 1.54) is 17.4 Å². The molecule has 1 fully saturated rings. The summed E-state index contributed by atoms with van der Waals surface area (Å²) in [5.74, 6) is 0.363. The number of hydrogen-bond acceptors (Lipinski definition) is 3. The van der Waals surface area contributed by atoms with Crippen LogP contribution in [0.5, 0.6) is 0 Å². The Morgan fingerprint density at radius 3 is 2.59 bits per heavy atom. The van der Waals surface area contributed by atoms with Gasteiger partial charge in [-0.2, -0.15) is 0 Å². The van der Waals surface area contributed by atoms with Crippen molar-refractivity contribution in [2.75, 3.05) is 25.9 Å². The standard InChI is InChI=1S/C16H25ClN2O2S/c1-11-7-15(16(17)8-12(11)2)13(3)18-9-14-5-6-19(10-14)22(4,20)21/h7-8,13-14,18H,5-6,9-10H2,1-4H3/t13-,14+/m0/s1. The lowest BCUT2D eigenvalue weighted by atomic mass is 10.0. The minimum Gasteiger partial charge on any atom is -0.310 e. The second-order valence-corrected chi connectivity index (χ2v) is 8.75. The molecule has 1 aromatic rings. The van der Waals surface area contributed by atoms with Crippen molar-refractivity contribution in [3.05, 3.63) is 33.8 Å². The largest absolute Gasteiger partial charge is 0.310 e. The van der Waals surface area contributed by atoms with Gasteiger partial charge in [-0.15, -0.1) is 0 Å². The fourth-order valence-corrected chi connectivity index (χ4v) is 4.15. The van der Waals surface area contributed by atoms with Crippen LogP contribution in [0.2, 0.25) is 5.02 Å². The molecular formula is C16H25ClN2O2S. The fraction of sp³-hybridized carbons (Fsp3) is 0.625. The molecule has 2 atom stereocenters. The maximum Gasteiger partial charge on any atom is 0.211 e. The molecule has 2 rings (SSSR count). The maximum atomic E-state index is 11.5. The third-order valence-electron chi connectivity index (χ3n) is 4.51. The zero-order valence-corrected chi connectivity index (χ0v) is 15.3. The Morgan fingerprint density at radius 2 is 2.00 bits per heavy atom. The number of sulfonamides is 1. The van der Waals surface area contributed by atoms with Gasteiger partial charge in [0.25, 0.3) is 0 Å². The molecule has 0 amide bonds. The Bertz CT molecular complexity index is 646. The normalized spacial score (nSPS) is 21.2. The molecule has 0 radical (unpaired) electrons. The minimum absolute atomic E-state index is 0.152. The van der Waals surface area contributed by atoms with Gasteiger partial charge in [0.05, 0.1) is 6.26 Å². The number of benzene rings is 1. The summed E-state index contributed by atoms with van der Waals surface area (Å²) in [5.41, 5.74) is 3.53. The van der Waals surface area contributed by atoms with Crippen molar-refractivity contribution < 1.29 is 8.42 Å². The highest BCUT2D eigenvalue weighted by atomic mass is 35.5. The first-order valence-electron chi connectivity index (χ1n) is 7.63. The van der Waals surface area contributed by atoms with E-state index in [4.69, 9.17) is 11.6 Å².